The highest BCUT2D eigenvalue weighted by Crippen LogP contribution is 2.48. The van der Waals surface area contributed by atoms with Crippen molar-refractivity contribution >= 4 is 43.2 Å². The number of morpholine rings is 1. The summed E-state index contributed by atoms with van der Waals surface area (Å²) in [5.41, 5.74) is 2.22. The van der Waals surface area contributed by atoms with E-state index in [-0.39, 0.29) is 0 Å². The lowest BCUT2D eigenvalue weighted by Crippen LogP contribution is -2.41. The molecule has 24 heavy (non-hydrogen) atoms. The van der Waals surface area contributed by atoms with Crippen LogP contribution in [0.1, 0.15) is 0 Å². The van der Waals surface area contributed by atoms with Gasteiger partial charge < -0.3 is 14.4 Å². The van der Waals surface area contributed by atoms with Crippen LogP contribution in [0.5, 0.6) is 11.5 Å². The van der Waals surface area contributed by atoms with Crippen molar-refractivity contribution in [2.45, 2.75) is 0 Å². The minimum absolute atomic E-state index is 0.830. The summed E-state index contributed by atoms with van der Waals surface area (Å²) in [5.74, 6) is 1.77. The van der Waals surface area contributed by atoms with E-state index in [0.29, 0.717) is 0 Å². The molecule has 4 nitrogen and oxygen atoms in total. The Bertz CT molecular complexity index is 696. The number of rotatable bonds is 3. The van der Waals surface area contributed by atoms with Gasteiger partial charge in [-0.25, -0.2) is 0 Å². The van der Waals surface area contributed by atoms with Crippen LogP contribution in [-0.2, 0) is 4.74 Å². The van der Waals surface area contributed by atoms with E-state index in [2.05, 4.69) is 65.9 Å². The lowest BCUT2D eigenvalue weighted by atomic mass is 10.1. The maximum absolute atomic E-state index is 6.13. The van der Waals surface area contributed by atoms with Crippen molar-refractivity contribution in [2.24, 2.45) is 0 Å². The summed E-state index contributed by atoms with van der Waals surface area (Å²) in [5, 5.41) is 0. The SMILES string of the molecule is Brc1ccc2c(c1)Oc1cc(Br)ccc1N2CCN1CCOCC1. The number of hydrogen-bond donors (Lipinski definition) is 0. The summed E-state index contributed by atoms with van der Waals surface area (Å²) in [6.45, 7) is 5.60. The fourth-order valence-corrected chi connectivity index (χ4v) is 3.82. The molecule has 1 saturated heterocycles. The topological polar surface area (TPSA) is 24.9 Å². The molecule has 126 valence electrons. The van der Waals surface area contributed by atoms with Crippen molar-refractivity contribution in [1.82, 2.24) is 4.90 Å². The average molecular weight is 454 g/mol. The quantitative estimate of drug-likeness (QED) is 0.667. The Balaban J connectivity index is 1.64. The smallest absolute Gasteiger partial charge is 0.152 e. The first kappa shape index (κ1) is 16.4. The summed E-state index contributed by atoms with van der Waals surface area (Å²) >= 11 is 7.07. The molecule has 0 aromatic heterocycles. The maximum atomic E-state index is 6.13. The van der Waals surface area contributed by atoms with Gasteiger partial charge in [0.15, 0.2) is 11.5 Å². The molecule has 0 atom stereocenters. The van der Waals surface area contributed by atoms with Crippen molar-refractivity contribution in [2.75, 3.05) is 44.3 Å². The molecule has 0 amide bonds. The van der Waals surface area contributed by atoms with E-state index in [4.69, 9.17) is 9.47 Å². The first-order valence-corrected chi connectivity index (χ1v) is 9.64. The molecule has 0 saturated carbocycles. The van der Waals surface area contributed by atoms with Crippen molar-refractivity contribution < 1.29 is 9.47 Å². The lowest BCUT2D eigenvalue weighted by Gasteiger charge is -2.35. The predicted octanol–water partition coefficient (Wildman–Crippen LogP) is 4.79. The van der Waals surface area contributed by atoms with Crippen molar-refractivity contribution in [3.8, 4) is 11.5 Å². The fourth-order valence-electron chi connectivity index (χ4n) is 3.14. The second kappa shape index (κ2) is 7.04. The molecular formula is C18H18Br2N2O2. The van der Waals surface area contributed by atoms with Crippen LogP contribution in [0.25, 0.3) is 0 Å². The van der Waals surface area contributed by atoms with E-state index in [9.17, 15) is 0 Å². The number of fused-ring (bicyclic) bond motifs is 2. The number of halogens is 2. The summed E-state index contributed by atoms with van der Waals surface area (Å²) in [6, 6.07) is 12.4. The fraction of sp³-hybridized carbons (Fsp3) is 0.333. The van der Waals surface area contributed by atoms with Crippen molar-refractivity contribution in [3.05, 3.63) is 45.3 Å². The Labute approximate surface area is 158 Å². The van der Waals surface area contributed by atoms with Crippen LogP contribution >= 0.6 is 31.9 Å². The minimum atomic E-state index is 0.830. The molecule has 0 bridgehead atoms. The predicted molar refractivity (Wildman–Crippen MR) is 103 cm³/mol. The van der Waals surface area contributed by atoms with Gasteiger partial charge in [0, 0.05) is 35.1 Å². The lowest BCUT2D eigenvalue weighted by molar-refractivity contribution is 0.0394. The van der Waals surface area contributed by atoms with Crippen molar-refractivity contribution in [3.63, 3.8) is 0 Å². The molecule has 6 heteroatoms. The number of ether oxygens (including phenoxy) is 2. The standard InChI is InChI=1S/C18H18Br2N2O2/c19-13-1-3-15-17(11-13)24-18-12-14(20)2-4-16(18)22(15)6-5-21-7-9-23-10-8-21/h1-4,11-12H,5-10H2. The van der Waals surface area contributed by atoms with Gasteiger partial charge in [0.2, 0.25) is 0 Å². The summed E-state index contributed by atoms with van der Waals surface area (Å²) in [7, 11) is 0. The van der Waals surface area contributed by atoms with Gasteiger partial charge in [0.1, 0.15) is 0 Å². The number of benzene rings is 2. The Hall–Kier alpha value is -1.08. The molecule has 2 aromatic rings. The average Bonchev–Trinajstić information content (AvgIpc) is 2.59. The zero-order chi connectivity index (χ0) is 16.5. The van der Waals surface area contributed by atoms with Gasteiger partial charge in [-0.05, 0) is 36.4 Å². The molecule has 0 spiro atoms. The van der Waals surface area contributed by atoms with E-state index >= 15 is 0 Å². The summed E-state index contributed by atoms with van der Waals surface area (Å²) in [4.78, 5) is 4.80. The number of hydrogen-bond acceptors (Lipinski definition) is 4. The molecule has 0 unspecified atom stereocenters. The van der Waals surface area contributed by atoms with Crippen LogP contribution in [0, 0.1) is 0 Å². The van der Waals surface area contributed by atoms with Gasteiger partial charge in [-0.2, -0.15) is 0 Å². The third kappa shape index (κ3) is 3.33. The molecule has 2 aromatic carbocycles. The molecule has 0 N–H and O–H groups in total. The monoisotopic (exact) mass is 452 g/mol. The molecule has 1 fully saturated rings. The second-order valence-electron chi connectivity index (χ2n) is 5.93. The normalized spacial score (nSPS) is 17.2. The van der Waals surface area contributed by atoms with Gasteiger partial charge in [-0.3, -0.25) is 4.90 Å². The molecular weight excluding hydrogens is 436 g/mol. The van der Waals surface area contributed by atoms with Gasteiger partial charge in [0.05, 0.1) is 24.6 Å². The largest absolute Gasteiger partial charge is 0.453 e. The first-order chi connectivity index (χ1) is 11.7. The Morgan fingerprint density at radius 1 is 0.833 bits per heavy atom. The highest BCUT2D eigenvalue weighted by molar-refractivity contribution is 9.10. The van der Waals surface area contributed by atoms with Gasteiger partial charge in [-0.1, -0.05) is 31.9 Å². The highest BCUT2D eigenvalue weighted by Gasteiger charge is 2.25. The molecule has 2 heterocycles. The van der Waals surface area contributed by atoms with Crippen molar-refractivity contribution in [1.29, 1.82) is 0 Å². The third-order valence-corrected chi connectivity index (χ3v) is 5.38. The third-order valence-electron chi connectivity index (χ3n) is 4.39. The molecule has 0 aliphatic carbocycles. The Kier molecular flexibility index (Phi) is 4.81. The molecule has 4 rings (SSSR count). The van der Waals surface area contributed by atoms with E-state index < -0.39 is 0 Å². The number of nitrogens with zero attached hydrogens (tertiary/aromatic N) is 2. The van der Waals surface area contributed by atoms with Gasteiger partial charge >= 0.3 is 0 Å². The van der Waals surface area contributed by atoms with Crippen LogP contribution in [-0.4, -0.2) is 44.3 Å². The maximum Gasteiger partial charge on any atom is 0.152 e. The van der Waals surface area contributed by atoms with Gasteiger partial charge in [0.25, 0.3) is 0 Å². The van der Waals surface area contributed by atoms with E-state index in [1.165, 1.54) is 0 Å². The first-order valence-electron chi connectivity index (χ1n) is 8.05. The minimum Gasteiger partial charge on any atom is -0.453 e. The van der Waals surface area contributed by atoms with Crippen LogP contribution < -0.4 is 9.64 Å². The zero-order valence-electron chi connectivity index (χ0n) is 13.2. The Morgan fingerprint density at radius 2 is 1.42 bits per heavy atom. The van der Waals surface area contributed by atoms with E-state index in [0.717, 1.165) is 71.2 Å². The molecule has 2 aliphatic rings. The molecule has 0 radical (unpaired) electrons. The van der Waals surface area contributed by atoms with Crippen LogP contribution in [0.2, 0.25) is 0 Å². The second-order valence-corrected chi connectivity index (χ2v) is 7.76. The molecule has 2 aliphatic heterocycles. The van der Waals surface area contributed by atoms with Crippen LogP contribution in [0.3, 0.4) is 0 Å². The zero-order valence-corrected chi connectivity index (χ0v) is 16.3. The van der Waals surface area contributed by atoms with Crippen LogP contribution in [0.4, 0.5) is 11.4 Å². The number of anilines is 2. The van der Waals surface area contributed by atoms with Gasteiger partial charge in [-0.15, -0.1) is 0 Å². The Morgan fingerprint density at radius 3 is 2.00 bits per heavy atom. The highest BCUT2D eigenvalue weighted by atomic mass is 79.9. The van der Waals surface area contributed by atoms with E-state index in [1.807, 2.05) is 12.1 Å². The van der Waals surface area contributed by atoms with Crippen LogP contribution in [0.15, 0.2) is 45.3 Å². The summed E-state index contributed by atoms with van der Waals surface area (Å²) in [6.07, 6.45) is 0. The van der Waals surface area contributed by atoms with E-state index in [1.54, 1.807) is 0 Å². The summed E-state index contributed by atoms with van der Waals surface area (Å²) < 4.78 is 13.6.